The number of hydrogen-bond donors (Lipinski definition) is 1. The van der Waals surface area contributed by atoms with E-state index in [2.05, 4.69) is 0 Å². The fourth-order valence-corrected chi connectivity index (χ4v) is 0.381. The Balaban J connectivity index is 3.28. The van der Waals surface area contributed by atoms with Gasteiger partial charge in [-0.25, -0.2) is 0 Å². The molecule has 0 bridgehead atoms. The van der Waals surface area contributed by atoms with E-state index in [1.165, 1.54) is 0 Å². The van der Waals surface area contributed by atoms with Gasteiger partial charge in [-0.15, -0.1) is 0 Å². The molecule has 0 aromatic heterocycles. The first-order chi connectivity index (χ1) is 3.92. The van der Waals surface area contributed by atoms with E-state index >= 15 is 0 Å². The molecule has 0 radical (unpaired) electrons. The van der Waals surface area contributed by atoms with E-state index in [1.54, 1.807) is 0 Å². The monoisotopic (exact) mass is 131 g/mol. The van der Waals surface area contributed by atoms with Crippen LogP contribution in [0, 0.1) is 0 Å². The van der Waals surface area contributed by atoms with Crippen LogP contribution in [0.3, 0.4) is 0 Å². The van der Waals surface area contributed by atoms with E-state index in [1.807, 2.05) is 27.7 Å². The Kier molecular flexibility index (Phi) is 3.15. The van der Waals surface area contributed by atoms with Crippen molar-refractivity contribution in [2.24, 2.45) is 5.73 Å². The van der Waals surface area contributed by atoms with Crippen LogP contribution in [0.5, 0.6) is 0 Å². The Hall–Kier alpha value is -0.0800. The molecule has 0 heterocycles. The number of rotatable bonds is 2. The summed E-state index contributed by atoms with van der Waals surface area (Å²) in [7, 11) is 0. The van der Waals surface area contributed by atoms with Crippen LogP contribution in [-0.4, -0.2) is 18.2 Å². The van der Waals surface area contributed by atoms with Crippen LogP contribution in [0.15, 0.2) is 0 Å². The lowest BCUT2D eigenvalue weighted by Gasteiger charge is -2.20. The summed E-state index contributed by atoms with van der Waals surface area (Å²) in [6, 6.07) is 0.143. The first-order valence-corrected chi connectivity index (χ1v) is 3.31. The van der Waals surface area contributed by atoms with Gasteiger partial charge in [0.2, 0.25) is 0 Å². The molecule has 56 valence electrons. The van der Waals surface area contributed by atoms with Gasteiger partial charge in [0.25, 0.3) is 0 Å². The van der Waals surface area contributed by atoms with E-state index < -0.39 is 0 Å². The van der Waals surface area contributed by atoms with Crippen molar-refractivity contribution in [3.63, 3.8) is 0 Å². The third-order valence-electron chi connectivity index (χ3n) is 0.779. The summed E-state index contributed by atoms with van der Waals surface area (Å²) in [6.07, 6.45) is 0. The van der Waals surface area contributed by atoms with Gasteiger partial charge in [-0.2, -0.15) is 0 Å². The zero-order valence-electron chi connectivity index (χ0n) is 6.77. The van der Waals surface area contributed by atoms with Crippen molar-refractivity contribution in [3.8, 4) is 0 Å². The molecule has 0 spiro atoms. The van der Waals surface area contributed by atoms with Crippen molar-refractivity contribution in [3.05, 3.63) is 0 Å². The fourth-order valence-electron chi connectivity index (χ4n) is 0.381. The van der Waals surface area contributed by atoms with E-state index in [9.17, 15) is 0 Å². The zero-order chi connectivity index (χ0) is 7.49. The van der Waals surface area contributed by atoms with E-state index in [0.29, 0.717) is 6.61 Å². The molecule has 0 aromatic rings. The lowest BCUT2D eigenvalue weighted by Crippen LogP contribution is -2.29. The van der Waals surface area contributed by atoms with Crippen LogP contribution in [0.25, 0.3) is 0 Å². The molecule has 2 heteroatoms. The van der Waals surface area contributed by atoms with Gasteiger partial charge in [0.1, 0.15) is 0 Å². The largest absolute Gasteiger partial charge is 0.374 e. The highest BCUT2D eigenvalue weighted by Gasteiger charge is 2.09. The molecule has 0 saturated heterocycles. The summed E-state index contributed by atoms with van der Waals surface area (Å²) < 4.78 is 5.37. The summed E-state index contributed by atoms with van der Waals surface area (Å²) in [6.45, 7) is 8.65. The quantitative estimate of drug-likeness (QED) is 0.610. The zero-order valence-corrected chi connectivity index (χ0v) is 6.77. The van der Waals surface area contributed by atoms with Gasteiger partial charge < -0.3 is 10.5 Å². The topological polar surface area (TPSA) is 35.2 Å². The molecule has 0 fully saturated rings. The van der Waals surface area contributed by atoms with Crippen molar-refractivity contribution >= 4 is 0 Å². The van der Waals surface area contributed by atoms with Crippen molar-refractivity contribution in [1.82, 2.24) is 0 Å². The summed E-state index contributed by atoms with van der Waals surface area (Å²) >= 11 is 0. The fraction of sp³-hybridized carbons (Fsp3) is 1.00. The third kappa shape index (κ3) is 7.92. The maximum Gasteiger partial charge on any atom is 0.0621 e. The minimum atomic E-state index is -0.0480. The Morgan fingerprint density at radius 3 is 2.00 bits per heavy atom. The van der Waals surface area contributed by atoms with Gasteiger partial charge in [-0.1, -0.05) is 0 Å². The third-order valence-corrected chi connectivity index (χ3v) is 0.779. The molecule has 0 amide bonds. The molecule has 0 aromatic carbocycles. The average Bonchev–Trinajstić information content (AvgIpc) is 1.59. The van der Waals surface area contributed by atoms with Crippen LogP contribution in [0.4, 0.5) is 0 Å². The molecule has 2 N–H and O–H groups in total. The minimum Gasteiger partial charge on any atom is -0.374 e. The SMILES string of the molecule is CC(N)COC(C)(C)C. The van der Waals surface area contributed by atoms with E-state index in [-0.39, 0.29) is 11.6 Å². The van der Waals surface area contributed by atoms with E-state index in [4.69, 9.17) is 10.5 Å². The van der Waals surface area contributed by atoms with Crippen molar-refractivity contribution in [2.45, 2.75) is 39.3 Å². The second-order valence-corrected chi connectivity index (χ2v) is 3.40. The molecule has 0 aliphatic carbocycles. The molecule has 9 heavy (non-hydrogen) atoms. The molecule has 0 aliphatic heterocycles. The highest BCUT2D eigenvalue weighted by Crippen LogP contribution is 2.05. The van der Waals surface area contributed by atoms with E-state index in [0.717, 1.165) is 0 Å². The van der Waals surface area contributed by atoms with Gasteiger partial charge in [0.15, 0.2) is 0 Å². The Morgan fingerprint density at radius 2 is 1.89 bits per heavy atom. The highest BCUT2D eigenvalue weighted by molar-refractivity contribution is 4.60. The lowest BCUT2D eigenvalue weighted by atomic mass is 10.2. The maximum absolute atomic E-state index is 5.47. The molecule has 0 aliphatic rings. The molecule has 0 saturated carbocycles. The molecular weight excluding hydrogens is 114 g/mol. The van der Waals surface area contributed by atoms with Crippen LogP contribution in [0.1, 0.15) is 27.7 Å². The van der Waals surface area contributed by atoms with Gasteiger partial charge >= 0.3 is 0 Å². The minimum absolute atomic E-state index is 0.0480. The van der Waals surface area contributed by atoms with Crippen molar-refractivity contribution < 1.29 is 4.74 Å². The molecule has 0 rings (SSSR count). The summed E-state index contributed by atoms with van der Waals surface area (Å²) in [4.78, 5) is 0. The van der Waals surface area contributed by atoms with Crippen LogP contribution in [-0.2, 0) is 4.74 Å². The number of nitrogens with two attached hydrogens (primary N) is 1. The van der Waals surface area contributed by atoms with Crippen LogP contribution >= 0.6 is 0 Å². The predicted molar refractivity (Wildman–Crippen MR) is 39.4 cm³/mol. The smallest absolute Gasteiger partial charge is 0.0621 e. The molecule has 1 unspecified atom stereocenters. The molecule has 1 atom stereocenters. The summed E-state index contributed by atoms with van der Waals surface area (Å²) in [5, 5.41) is 0. The second kappa shape index (κ2) is 3.18. The first-order valence-electron chi connectivity index (χ1n) is 3.31. The standard InChI is InChI=1S/C7H17NO/c1-6(8)5-9-7(2,3)4/h6H,5,8H2,1-4H3. The van der Waals surface area contributed by atoms with Crippen LogP contribution in [0.2, 0.25) is 0 Å². The number of ether oxygens (including phenoxy) is 1. The predicted octanol–water partition coefficient (Wildman–Crippen LogP) is 1.15. The average molecular weight is 131 g/mol. The molecule has 2 nitrogen and oxygen atoms in total. The van der Waals surface area contributed by atoms with Crippen molar-refractivity contribution in [2.75, 3.05) is 6.61 Å². The van der Waals surface area contributed by atoms with Gasteiger partial charge in [-0.3, -0.25) is 0 Å². The highest BCUT2D eigenvalue weighted by atomic mass is 16.5. The van der Waals surface area contributed by atoms with Crippen LogP contribution < -0.4 is 5.73 Å². The number of hydrogen-bond acceptors (Lipinski definition) is 2. The Morgan fingerprint density at radius 1 is 1.44 bits per heavy atom. The normalized spacial score (nSPS) is 15.7. The molecular formula is C7H17NO. The maximum atomic E-state index is 5.47. The first kappa shape index (κ1) is 8.92. The van der Waals surface area contributed by atoms with Gasteiger partial charge in [0, 0.05) is 6.04 Å². The Bertz CT molecular complexity index is 73.5. The summed E-state index contributed by atoms with van der Waals surface area (Å²) in [5.74, 6) is 0. The van der Waals surface area contributed by atoms with Gasteiger partial charge in [0.05, 0.1) is 12.2 Å². The second-order valence-electron chi connectivity index (χ2n) is 3.40. The lowest BCUT2D eigenvalue weighted by molar-refractivity contribution is -0.00796. The van der Waals surface area contributed by atoms with Gasteiger partial charge in [-0.05, 0) is 27.7 Å². The van der Waals surface area contributed by atoms with Crippen molar-refractivity contribution in [1.29, 1.82) is 0 Å². The Labute approximate surface area is 57.4 Å². The summed E-state index contributed by atoms with van der Waals surface area (Å²) in [5.41, 5.74) is 5.43.